The minimum atomic E-state index is -0.128. The largest absolute Gasteiger partial charge is 0.457 e. The van der Waals surface area contributed by atoms with Gasteiger partial charge >= 0.3 is 0 Å². The highest BCUT2D eigenvalue weighted by Gasteiger charge is 2.34. The zero-order chi connectivity index (χ0) is 25.7. The molecule has 0 aliphatic carbocycles. The molecule has 0 N–H and O–H groups in total. The number of aromatic nitrogens is 2. The van der Waals surface area contributed by atoms with Crippen molar-refractivity contribution in [1.29, 1.82) is 0 Å². The van der Waals surface area contributed by atoms with E-state index in [4.69, 9.17) is 14.7 Å². The molecule has 0 spiro atoms. The predicted molar refractivity (Wildman–Crippen MR) is 154 cm³/mol. The van der Waals surface area contributed by atoms with Gasteiger partial charge < -0.3 is 4.74 Å². The molecular formula is C35H26N2O. The van der Waals surface area contributed by atoms with Gasteiger partial charge in [-0.15, -0.1) is 0 Å². The molecule has 3 nitrogen and oxygen atoms in total. The lowest BCUT2D eigenvalue weighted by Gasteiger charge is -2.34. The summed E-state index contributed by atoms with van der Waals surface area (Å²) in [5, 5.41) is 1.05. The van der Waals surface area contributed by atoms with Crippen molar-refractivity contribution in [1.82, 2.24) is 9.97 Å². The fraction of sp³-hybridized carbons (Fsp3) is 0.0857. The van der Waals surface area contributed by atoms with Crippen molar-refractivity contribution in [2.24, 2.45) is 0 Å². The second-order valence-electron chi connectivity index (χ2n) is 10.3. The van der Waals surface area contributed by atoms with Crippen molar-refractivity contribution in [3.05, 3.63) is 132 Å². The molecule has 6 aromatic rings. The van der Waals surface area contributed by atoms with Gasteiger partial charge in [-0.1, -0.05) is 111 Å². The standard InChI is InChI=1S/C35H26N2O/c1-35(2)28-16-7-9-18-31(28)38-32-22-25(19-20-29(32)35)24-13-10-14-26(21-24)34-36-30-17-8-6-15-27(30)33(37-34)23-11-4-3-5-12-23/h3-22H,1-2H3. The van der Waals surface area contributed by atoms with E-state index in [0.29, 0.717) is 5.82 Å². The summed E-state index contributed by atoms with van der Waals surface area (Å²) in [5.74, 6) is 2.55. The quantitative estimate of drug-likeness (QED) is 0.248. The first-order chi connectivity index (χ1) is 18.6. The second-order valence-corrected chi connectivity index (χ2v) is 10.3. The van der Waals surface area contributed by atoms with Gasteiger partial charge in [-0.05, 0) is 35.4 Å². The average molecular weight is 491 g/mol. The molecule has 1 aliphatic heterocycles. The molecule has 2 heterocycles. The van der Waals surface area contributed by atoms with Gasteiger partial charge in [-0.25, -0.2) is 9.97 Å². The number of para-hydroxylation sites is 2. The van der Waals surface area contributed by atoms with Gasteiger partial charge in [-0.3, -0.25) is 0 Å². The number of ether oxygens (including phenoxy) is 1. The third kappa shape index (κ3) is 3.67. The van der Waals surface area contributed by atoms with Gasteiger partial charge in [0.25, 0.3) is 0 Å². The summed E-state index contributed by atoms with van der Waals surface area (Å²) in [5.41, 5.74) is 8.43. The lowest BCUT2D eigenvalue weighted by atomic mass is 9.75. The van der Waals surface area contributed by atoms with E-state index in [-0.39, 0.29) is 5.41 Å². The summed E-state index contributed by atoms with van der Waals surface area (Å²) in [6, 6.07) is 41.8. The minimum Gasteiger partial charge on any atom is -0.457 e. The number of hydrogen-bond donors (Lipinski definition) is 0. The molecule has 0 atom stereocenters. The Morgan fingerprint density at radius 1 is 0.526 bits per heavy atom. The Hall–Kier alpha value is -4.76. The van der Waals surface area contributed by atoms with Crippen LogP contribution in [-0.2, 0) is 5.41 Å². The lowest BCUT2D eigenvalue weighted by Crippen LogP contribution is -2.24. The predicted octanol–water partition coefficient (Wildman–Crippen LogP) is 9.06. The smallest absolute Gasteiger partial charge is 0.160 e. The van der Waals surface area contributed by atoms with E-state index < -0.39 is 0 Å². The summed E-state index contributed by atoms with van der Waals surface area (Å²) in [6.45, 7) is 4.52. The number of nitrogens with zero attached hydrogens (tertiary/aromatic N) is 2. The molecule has 0 fully saturated rings. The molecule has 0 saturated heterocycles. The molecule has 0 amide bonds. The van der Waals surface area contributed by atoms with Crippen molar-refractivity contribution >= 4 is 10.9 Å². The lowest BCUT2D eigenvalue weighted by molar-refractivity contribution is 0.418. The fourth-order valence-electron chi connectivity index (χ4n) is 5.50. The number of hydrogen-bond acceptors (Lipinski definition) is 3. The summed E-state index contributed by atoms with van der Waals surface area (Å²) in [7, 11) is 0. The summed E-state index contributed by atoms with van der Waals surface area (Å²) >= 11 is 0. The zero-order valence-electron chi connectivity index (χ0n) is 21.3. The van der Waals surface area contributed by atoms with Crippen LogP contribution in [0.1, 0.15) is 25.0 Å². The van der Waals surface area contributed by atoms with Crippen molar-refractivity contribution < 1.29 is 4.74 Å². The first kappa shape index (κ1) is 22.4. The summed E-state index contributed by atoms with van der Waals surface area (Å²) in [4.78, 5) is 10.00. The third-order valence-electron chi connectivity index (χ3n) is 7.54. The summed E-state index contributed by atoms with van der Waals surface area (Å²) in [6.07, 6.45) is 0. The second kappa shape index (κ2) is 8.67. The first-order valence-electron chi connectivity index (χ1n) is 12.9. The van der Waals surface area contributed by atoms with Crippen LogP contribution in [0.15, 0.2) is 121 Å². The van der Waals surface area contributed by atoms with E-state index in [2.05, 4.69) is 98.8 Å². The van der Waals surface area contributed by atoms with E-state index >= 15 is 0 Å². The molecule has 0 saturated carbocycles. The SMILES string of the molecule is CC1(C)c2ccccc2Oc2cc(-c3cccc(-c4nc(-c5ccccc5)c5ccccc5n4)c3)ccc21. The van der Waals surface area contributed by atoms with Crippen LogP contribution in [0.3, 0.4) is 0 Å². The Labute approximate surface area is 222 Å². The Bertz CT molecular complexity index is 1820. The highest BCUT2D eigenvalue weighted by Crippen LogP contribution is 2.48. The van der Waals surface area contributed by atoms with Gasteiger partial charge in [0.2, 0.25) is 0 Å². The molecule has 3 heteroatoms. The summed E-state index contributed by atoms with van der Waals surface area (Å²) < 4.78 is 6.38. The van der Waals surface area contributed by atoms with Crippen LogP contribution in [0, 0.1) is 0 Å². The Morgan fingerprint density at radius 3 is 2.11 bits per heavy atom. The van der Waals surface area contributed by atoms with Gasteiger partial charge in [0.1, 0.15) is 11.5 Å². The number of benzene rings is 5. The normalized spacial score (nSPS) is 13.4. The Balaban J connectivity index is 1.32. The van der Waals surface area contributed by atoms with Gasteiger partial charge in [0.05, 0.1) is 11.2 Å². The Kier molecular flexibility index (Phi) is 5.12. The van der Waals surface area contributed by atoms with Crippen LogP contribution in [0.4, 0.5) is 0 Å². The molecule has 0 bridgehead atoms. The van der Waals surface area contributed by atoms with Crippen LogP contribution in [-0.4, -0.2) is 9.97 Å². The minimum absolute atomic E-state index is 0.128. The van der Waals surface area contributed by atoms with E-state index in [9.17, 15) is 0 Å². The molecule has 1 aromatic heterocycles. The average Bonchev–Trinajstić information content (AvgIpc) is 2.97. The van der Waals surface area contributed by atoms with E-state index in [1.165, 1.54) is 11.1 Å². The molecule has 7 rings (SSSR count). The van der Waals surface area contributed by atoms with Crippen LogP contribution in [0.25, 0.3) is 44.7 Å². The van der Waals surface area contributed by atoms with E-state index in [1.807, 2.05) is 36.4 Å². The van der Waals surface area contributed by atoms with Gasteiger partial charge in [-0.2, -0.15) is 0 Å². The van der Waals surface area contributed by atoms with Crippen LogP contribution >= 0.6 is 0 Å². The van der Waals surface area contributed by atoms with E-state index in [1.54, 1.807) is 0 Å². The van der Waals surface area contributed by atoms with Gasteiger partial charge in [0, 0.05) is 33.1 Å². The van der Waals surface area contributed by atoms with Crippen molar-refractivity contribution in [3.63, 3.8) is 0 Å². The van der Waals surface area contributed by atoms with Crippen molar-refractivity contribution in [3.8, 4) is 45.3 Å². The highest BCUT2D eigenvalue weighted by atomic mass is 16.5. The monoisotopic (exact) mass is 490 g/mol. The first-order valence-corrected chi connectivity index (χ1v) is 12.9. The molecule has 182 valence electrons. The van der Waals surface area contributed by atoms with Crippen LogP contribution in [0.2, 0.25) is 0 Å². The maximum atomic E-state index is 6.38. The zero-order valence-corrected chi connectivity index (χ0v) is 21.3. The Morgan fingerprint density at radius 2 is 1.21 bits per heavy atom. The maximum absolute atomic E-state index is 6.38. The molecular weight excluding hydrogens is 464 g/mol. The molecule has 0 unspecified atom stereocenters. The highest BCUT2D eigenvalue weighted by molar-refractivity contribution is 5.93. The fourth-order valence-corrected chi connectivity index (χ4v) is 5.50. The number of fused-ring (bicyclic) bond motifs is 3. The maximum Gasteiger partial charge on any atom is 0.160 e. The van der Waals surface area contributed by atoms with Crippen molar-refractivity contribution in [2.45, 2.75) is 19.3 Å². The topological polar surface area (TPSA) is 35.0 Å². The van der Waals surface area contributed by atoms with E-state index in [0.717, 1.165) is 50.3 Å². The van der Waals surface area contributed by atoms with Crippen LogP contribution < -0.4 is 4.74 Å². The molecule has 5 aromatic carbocycles. The molecule has 0 radical (unpaired) electrons. The van der Waals surface area contributed by atoms with Gasteiger partial charge in [0.15, 0.2) is 5.82 Å². The third-order valence-corrected chi connectivity index (χ3v) is 7.54. The molecule has 1 aliphatic rings. The molecule has 38 heavy (non-hydrogen) atoms. The van der Waals surface area contributed by atoms with Crippen LogP contribution in [0.5, 0.6) is 11.5 Å². The number of rotatable bonds is 3. The van der Waals surface area contributed by atoms with Crippen molar-refractivity contribution in [2.75, 3.05) is 0 Å².